The first-order chi connectivity index (χ1) is 12.5. The van der Waals surface area contributed by atoms with Gasteiger partial charge in [0.25, 0.3) is 5.24 Å². The zero-order valence-electron chi connectivity index (χ0n) is 14.9. The number of pyridine rings is 1. The summed E-state index contributed by atoms with van der Waals surface area (Å²) < 4.78 is 5.86. The van der Waals surface area contributed by atoms with E-state index in [2.05, 4.69) is 36.3 Å². The van der Waals surface area contributed by atoms with E-state index in [0.717, 1.165) is 35.2 Å². The molecule has 2 aromatic rings. The maximum atomic E-state index is 11.6. The predicted octanol–water partition coefficient (Wildman–Crippen LogP) is 3.72. The van der Waals surface area contributed by atoms with E-state index >= 15 is 0 Å². The second kappa shape index (κ2) is 8.36. The van der Waals surface area contributed by atoms with Crippen molar-refractivity contribution in [2.75, 3.05) is 6.61 Å². The molecule has 0 aliphatic carbocycles. The van der Waals surface area contributed by atoms with Crippen LogP contribution in [0, 0.1) is 0 Å². The molecule has 1 unspecified atom stereocenters. The second-order valence-corrected chi connectivity index (χ2v) is 7.56. The Kier molecular flexibility index (Phi) is 5.93. The van der Waals surface area contributed by atoms with Crippen molar-refractivity contribution in [1.82, 2.24) is 10.3 Å². The Balaban J connectivity index is 1.52. The lowest BCUT2D eigenvalue weighted by Gasteiger charge is -2.13. The van der Waals surface area contributed by atoms with Crippen LogP contribution >= 0.6 is 11.8 Å². The zero-order valence-corrected chi connectivity index (χ0v) is 15.7. The molecule has 1 aliphatic rings. The van der Waals surface area contributed by atoms with Crippen molar-refractivity contribution in [3.8, 4) is 5.75 Å². The van der Waals surface area contributed by atoms with E-state index in [1.807, 2.05) is 30.5 Å². The first kappa shape index (κ1) is 18.5. The number of ether oxygens (including phenoxy) is 1. The van der Waals surface area contributed by atoms with Crippen LogP contribution in [0.25, 0.3) is 0 Å². The molecule has 0 spiro atoms. The standard InChI is InChI=1S/C20H22N2O3S/c1-3-14-6-9-17(21-11-14)13(2)12-25-16-7-4-15(5-8-16)10-18-19(23)22-20(24)26-18/h4-9,11,13,18H,3,10,12H2,1-2H3,(H,22,23,24)/t13-,18?/m1/s1. The van der Waals surface area contributed by atoms with Crippen molar-refractivity contribution in [2.24, 2.45) is 0 Å². The Bertz CT molecular complexity index is 775. The number of aromatic nitrogens is 1. The predicted molar refractivity (Wildman–Crippen MR) is 103 cm³/mol. The summed E-state index contributed by atoms with van der Waals surface area (Å²) in [5.41, 5.74) is 3.26. The SMILES string of the molecule is CCc1ccc([C@H](C)COc2ccc(CC3SC(=O)NC3=O)cc2)nc1. The molecule has 2 amide bonds. The van der Waals surface area contributed by atoms with Gasteiger partial charge < -0.3 is 4.74 Å². The minimum absolute atomic E-state index is 0.199. The van der Waals surface area contributed by atoms with Crippen molar-refractivity contribution in [3.05, 3.63) is 59.4 Å². The zero-order chi connectivity index (χ0) is 18.5. The van der Waals surface area contributed by atoms with Gasteiger partial charge in [0, 0.05) is 17.8 Å². The maximum Gasteiger partial charge on any atom is 0.286 e. The van der Waals surface area contributed by atoms with Crippen LogP contribution in [0.2, 0.25) is 0 Å². The molecule has 26 heavy (non-hydrogen) atoms. The summed E-state index contributed by atoms with van der Waals surface area (Å²) in [6.07, 6.45) is 3.44. The van der Waals surface area contributed by atoms with Gasteiger partial charge in [-0.25, -0.2) is 0 Å². The van der Waals surface area contributed by atoms with Crippen molar-refractivity contribution in [2.45, 2.75) is 37.9 Å². The highest BCUT2D eigenvalue weighted by Crippen LogP contribution is 2.24. The quantitative estimate of drug-likeness (QED) is 0.804. The molecule has 2 atom stereocenters. The van der Waals surface area contributed by atoms with E-state index < -0.39 is 0 Å². The Morgan fingerprint density at radius 3 is 2.46 bits per heavy atom. The van der Waals surface area contributed by atoms with E-state index in [1.54, 1.807) is 0 Å². The Labute approximate surface area is 157 Å². The van der Waals surface area contributed by atoms with Crippen LogP contribution in [-0.4, -0.2) is 28.0 Å². The number of imide groups is 1. The monoisotopic (exact) mass is 370 g/mol. The minimum Gasteiger partial charge on any atom is -0.493 e. The molecule has 2 heterocycles. The molecule has 1 N–H and O–H groups in total. The summed E-state index contributed by atoms with van der Waals surface area (Å²) >= 11 is 1.05. The largest absolute Gasteiger partial charge is 0.493 e. The van der Waals surface area contributed by atoms with Gasteiger partial charge in [-0.2, -0.15) is 0 Å². The number of hydrogen-bond acceptors (Lipinski definition) is 5. The van der Waals surface area contributed by atoms with Gasteiger partial charge in [0.05, 0.1) is 11.9 Å². The first-order valence-corrected chi connectivity index (χ1v) is 9.61. The smallest absolute Gasteiger partial charge is 0.286 e. The topological polar surface area (TPSA) is 68.3 Å². The highest BCUT2D eigenvalue weighted by Gasteiger charge is 2.31. The number of carbonyl (C=O) groups is 2. The molecule has 1 aliphatic heterocycles. The number of nitrogens with zero attached hydrogens (tertiary/aromatic N) is 1. The average molecular weight is 370 g/mol. The summed E-state index contributed by atoms with van der Waals surface area (Å²) in [6, 6.07) is 11.8. The fourth-order valence-electron chi connectivity index (χ4n) is 2.71. The highest BCUT2D eigenvalue weighted by molar-refractivity contribution is 8.15. The van der Waals surface area contributed by atoms with Crippen LogP contribution in [0.1, 0.15) is 36.6 Å². The molecule has 0 bridgehead atoms. The Morgan fingerprint density at radius 1 is 1.15 bits per heavy atom. The molecule has 6 heteroatoms. The number of amides is 2. The van der Waals surface area contributed by atoms with Gasteiger partial charge in [0.2, 0.25) is 5.91 Å². The van der Waals surface area contributed by atoms with Crippen LogP contribution in [0.3, 0.4) is 0 Å². The molecule has 5 nitrogen and oxygen atoms in total. The Morgan fingerprint density at radius 2 is 1.88 bits per heavy atom. The molecular weight excluding hydrogens is 348 g/mol. The lowest BCUT2D eigenvalue weighted by molar-refractivity contribution is -0.118. The van der Waals surface area contributed by atoms with Gasteiger partial charge in [-0.1, -0.05) is 43.8 Å². The van der Waals surface area contributed by atoms with Crippen molar-refractivity contribution in [1.29, 1.82) is 0 Å². The van der Waals surface area contributed by atoms with Gasteiger partial charge in [-0.3, -0.25) is 19.9 Å². The molecule has 3 rings (SSSR count). The molecule has 0 saturated carbocycles. The number of hydrogen-bond donors (Lipinski definition) is 1. The van der Waals surface area contributed by atoms with Crippen LogP contribution in [0.5, 0.6) is 5.75 Å². The molecule has 0 radical (unpaired) electrons. The fraction of sp³-hybridized carbons (Fsp3) is 0.350. The second-order valence-electron chi connectivity index (χ2n) is 6.39. The number of nitrogens with one attached hydrogen (secondary N) is 1. The number of benzene rings is 1. The molecular formula is C20H22N2O3S. The van der Waals surface area contributed by atoms with E-state index in [1.165, 1.54) is 5.56 Å². The Hall–Kier alpha value is -2.34. The van der Waals surface area contributed by atoms with Crippen molar-refractivity contribution in [3.63, 3.8) is 0 Å². The number of carbonyl (C=O) groups excluding carboxylic acids is 2. The lowest BCUT2D eigenvalue weighted by Crippen LogP contribution is -2.25. The number of aryl methyl sites for hydroxylation is 1. The molecule has 1 saturated heterocycles. The van der Waals surface area contributed by atoms with E-state index in [-0.39, 0.29) is 22.3 Å². The third-order valence-electron chi connectivity index (χ3n) is 4.37. The summed E-state index contributed by atoms with van der Waals surface area (Å²) in [5, 5.41) is 1.70. The number of thioether (sulfide) groups is 1. The third-order valence-corrected chi connectivity index (χ3v) is 5.35. The van der Waals surface area contributed by atoms with Crippen LogP contribution in [0.4, 0.5) is 4.79 Å². The molecule has 1 fully saturated rings. The summed E-state index contributed by atoms with van der Waals surface area (Å²) in [6.45, 7) is 4.75. The molecule has 1 aromatic heterocycles. The van der Waals surface area contributed by atoms with E-state index in [9.17, 15) is 9.59 Å². The maximum absolute atomic E-state index is 11.6. The summed E-state index contributed by atoms with van der Waals surface area (Å²) in [5.74, 6) is 0.770. The van der Waals surface area contributed by atoms with Gasteiger partial charge >= 0.3 is 0 Å². The number of rotatable bonds is 7. The van der Waals surface area contributed by atoms with E-state index in [4.69, 9.17) is 4.74 Å². The van der Waals surface area contributed by atoms with Gasteiger partial charge in [0.1, 0.15) is 5.75 Å². The average Bonchev–Trinajstić information content (AvgIpc) is 2.98. The minimum atomic E-state index is -0.341. The summed E-state index contributed by atoms with van der Waals surface area (Å²) in [7, 11) is 0. The molecule has 1 aromatic carbocycles. The normalized spacial score (nSPS) is 17.8. The van der Waals surface area contributed by atoms with Crippen molar-refractivity contribution < 1.29 is 14.3 Å². The van der Waals surface area contributed by atoms with Gasteiger partial charge in [0.15, 0.2) is 0 Å². The van der Waals surface area contributed by atoms with Gasteiger partial charge in [-0.05, 0) is 42.2 Å². The third kappa shape index (κ3) is 4.64. The molecule has 136 valence electrons. The van der Waals surface area contributed by atoms with E-state index in [0.29, 0.717) is 13.0 Å². The van der Waals surface area contributed by atoms with Gasteiger partial charge in [-0.15, -0.1) is 0 Å². The van der Waals surface area contributed by atoms with Crippen LogP contribution in [0.15, 0.2) is 42.6 Å². The van der Waals surface area contributed by atoms with Crippen molar-refractivity contribution >= 4 is 22.9 Å². The first-order valence-electron chi connectivity index (χ1n) is 8.73. The van der Waals surface area contributed by atoms with Crippen LogP contribution < -0.4 is 10.1 Å². The van der Waals surface area contributed by atoms with Crippen LogP contribution in [-0.2, 0) is 17.6 Å². The lowest BCUT2D eigenvalue weighted by atomic mass is 10.1. The summed E-state index contributed by atoms with van der Waals surface area (Å²) in [4.78, 5) is 27.3. The fourth-order valence-corrected chi connectivity index (χ4v) is 3.57. The highest BCUT2D eigenvalue weighted by atomic mass is 32.2.